The molecule has 0 radical (unpaired) electrons. The highest BCUT2D eigenvalue weighted by molar-refractivity contribution is 5.77. The molecule has 1 N–H and O–H groups in total. The van der Waals surface area contributed by atoms with Crippen LogP contribution in [0.2, 0.25) is 0 Å². The van der Waals surface area contributed by atoms with Crippen molar-refractivity contribution >= 4 is 5.91 Å². The third kappa shape index (κ3) is 2.18. The molecule has 3 fully saturated rings. The van der Waals surface area contributed by atoms with E-state index in [1.54, 1.807) is 0 Å². The first-order valence-electron chi connectivity index (χ1n) is 8.46. The van der Waals surface area contributed by atoms with Gasteiger partial charge in [-0.05, 0) is 42.4 Å². The van der Waals surface area contributed by atoms with Gasteiger partial charge in [0.25, 0.3) is 0 Å². The molecule has 0 aromatic rings. The molecule has 114 valence electrons. The van der Waals surface area contributed by atoms with Crippen LogP contribution in [-0.4, -0.2) is 24.7 Å². The second kappa shape index (κ2) is 5.32. The lowest BCUT2D eigenvalue weighted by atomic mass is 9.53. The Labute approximate surface area is 122 Å². The number of rotatable bonds is 3. The van der Waals surface area contributed by atoms with Crippen molar-refractivity contribution < 1.29 is 9.53 Å². The van der Waals surface area contributed by atoms with E-state index in [0.717, 1.165) is 25.0 Å². The van der Waals surface area contributed by atoms with E-state index < -0.39 is 0 Å². The molecular formula is C17H29NO2. The highest BCUT2D eigenvalue weighted by Crippen LogP contribution is 2.53. The fourth-order valence-electron chi connectivity index (χ4n) is 5.16. The molecule has 3 aliphatic rings. The Bertz CT molecular complexity index is 377. The molecule has 1 saturated carbocycles. The van der Waals surface area contributed by atoms with Crippen molar-refractivity contribution in [3.05, 3.63) is 0 Å². The first kappa shape index (κ1) is 14.4. The van der Waals surface area contributed by atoms with Gasteiger partial charge in [0.1, 0.15) is 0 Å². The van der Waals surface area contributed by atoms with Crippen molar-refractivity contribution in [2.75, 3.05) is 13.2 Å². The predicted molar refractivity (Wildman–Crippen MR) is 79.2 cm³/mol. The number of carbonyl (C=O) groups is 1. The maximum absolute atomic E-state index is 12.3. The number of carbonyl (C=O) groups excluding carboxylic acids is 1. The number of fused-ring (bicyclic) bond motifs is 1. The molecule has 5 unspecified atom stereocenters. The zero-order valence-corrected chi connectivity index (χ0v) is 13.2. The second-order valence-electron chi connectivity index (χ2n) is 7.58. The van der Waals surface area contributed by atoms with Crippen molar-refractivity contribution in [1.29, 1.82) is 0 Å². The number of hydrogen-bond acceptors (Lipinski definition) is 2. The average molecular weight is 279 g/mol. The van der Waals surface area contributed by atoms with Crippen LogP contribution in [-0.2, 0) is 9.53 Å². The summed E-state index contributed by atoms with van der Waals surface area (Å²) in [6, 6.07) is 0. The molecule has 1 spiro atoms. The van der Waals surface area contributed by atoms with Gasteiger partial charge in [0.05, 0.1) is 18.8 Å². The molecule has 3 rings (SSSR count). The summed E-state index contributed by atoms with van der Waals surface area (Å²) in [6.07, 6.45) is 5.88. The van der Waals surface area contributed by atoms with Crippen molar-refractivity contribution in [2.24, 2.45) is 29.6 Å². The summed E-state index contributed by atoms with van der Waals surface area (Å²) < 4.78 is 5.54. The predicted octanol–water partition coefficient (Wildman–Crippen LogP) is 2.99. The van der Waals surface area contributed by atoms with E-state index >= 15 is 0 Å². The molecule has 0 bridgehead atoms. The molecule has 0 aromatic heterocycles. The highest BCUT2D eigenvalue weighted by Gasteiger charge is 2.56. The Morgan fingerprint density at radius 3 is 2.55 bits per heavy atom. The summed E-state index contributed by atoms with van der Waals surface area (Å²) in [6.45, 7) is 8.39. The van der Waals surface area contributed by atoms with Gasteiger partial charge in [-0.2, -0.15) is 0 Å². The Balaban J connectivity index is 1.89. The molecule has 2 heterocycles. The topological polar surface area (TPSA) is 38.3 Å². The van der Waals surface area contributed by atoms with Gasteiger partial charge in [-0.15, -0.1) is 0 Å². The van der Waals surface area contributed by atoms with E-state index in [1.807, 2.05) is 0 Å². The number of amides is 1. The lowest BCUT2D eigenvalue weighted by molar-refractivity contribution is -0.169. The monoisotopic (exact) mass is 279 g/mol. The first-order valence-corrected chi connectivity index (χ1v) is 8.46. The van der Waals surface area contributed by atoms with Crippen molar-refractivity contribution in [3.63, 3.8) is 0 Å². The highest BCUT2D eigenvalue weighted by atomic mass is 16.5. The zero-order valence-electron chi connectivity index (χ0n) is 13.2. The van der Waals surface area contributed by atoms with Gasteiger partial charge in [-0.3, -0.25) is 4.79 Å². The Morgan fingerprint density at radius 2 is 2.05 bits per heavy atom. The minimum absolute atomic E-state index is 0.0465. The fourth-order valence-corrected chi connectivity index (χ4v) is 5.16. The van der Waals surface area contributed by atoms with Crippen LogP contribution in [0.5, 0.6) is 0 Å². The lowest BCUT2D eigenvalue weighted by Crippen LogP contribution is -2.71. The smallest absolute Gasteiger partial charge is 0.220 e. The zero-order chi connectivity index (χ0) is 14.3. The van der Waals surface area contributed by atoms with E-state index in [0.29, 0.717) is 24.2 Å². The number of hydrogen-bond donors (Lipinski definition) is 1. The molecule has 20 heavy (non-hydrogen) atoms. The molecule has 3 nitrogen and oxygen atoms in total. The van der Waals surface area contributed by atoms with Crippen LogP contribution in [0.4, 0.5) is 0 Å². The standard InChI is InChI=1S/C17H29NO2/c1-4-5-11(2)16-14-7-6-13(14)12(3)8-15(19)18-17(16)9-20-10-17/h11-14,16H,4-10H2,1-3H3,(H,18,19). The summed E-state index contributed by atoms with van der Waals surface area (Å²) in [5, 5.41) is 3.37. The maximum atomic E-state index is 12.3. The van der Waals surface area contributed by atoms with Crippen LogP contribution < -0.4 is 5.32 Å². The largest absolute Gasteiger partial charge is 0.376 e. The SMILES string of the molecule is CCCC(C)C1C2CCC2C(C)CC(=O)NC12COC2. The van der Waals surface area contributed by atoms with Gasteiger partial charge >= 0.3 is 0 Å². The molecule has 3 heteroatoms. The summed E-state index contributed by atoms with van der Waals surface area (Å²) in [5.41, 5.74) is -0.0465. The van der Waals surface area contributed by atoms with E-state index in [-0.39, 0.29) is 11.4 Å². The summed E-state index contributed by atoms with van der Waals surface area (Å²) >= 11 is 0. The van der Waals surface area contributed by atoms with Gasteiger partial charge in [0, 0.05) is 6.42 Å². The maximum Gasteiger partial charge on any atom is 0.220 e. The van der Waals surface area contributed by atoms with Gasteiger partial charge < -0.3 is 10.1 Å². The van der Waals surface area contributed by atoms with Crippen LogP contribution in [0.1, 0.15) is 52.9 Å². The lowest BCUT2D eigenvalue weighted by Gasteiger charge is -2.59. The van der Waals surface area contributed by atoms with Crippen LogP contribution in [0, 0.1) is 29.6 Å². The molecule has 2 saturated heterocycles. The van der Waals surface area contributed by atoms with Crippen LogP contribution in [0.25, 0.3) is 0 Å². The van der Waals surface area contributed by atoms with Crippen molar-refractivity contribution in [3.8, 4) is 0 Å². The molecular weight excluding hydrogens is 250 g/mol. The molecule has 1 aliphatic carbocycles. The summed E-state index contributed by atoms with van der Waals surface area (Å²) in [4.78, 5) is 12.3. The van der Waals surface area contributed by atoms with E-state index in [2.05, 4.69) is 26.1 Å². The van der Waals surface area contributed by atoms with Gasteiger partial charge in [-0.1, -0.05) is 33.6 Å². The second-order valence-corrected chi connectivity index (χ2v) is 7.58. The van der Waals surface area contributed by atoms with E-state index in [1.165, 1.54) is 25.7 Å². The van der Waals surface area contributed by atoms with E-state index in [9.17, 15) is 4.79 Å². The number of ether oxygens (including phenoxy) is 1. The number of nitrogens with one attached hydrogen (secondary N) is 1. The minimum atomic E-state index is -0.0465. The van der Waals surface area contributed by atoms with Crippen molar-refractivity contribution in [2.45, 2.75) is 58.4 Å². The van der Waals surface area contributed by atoms with Crippen LogP contribution >= 0.6 is 0 Å². The Kier molecular flexibility index (Phi) is 3.83. The Hall–Kier alpha value is -0.570. The third-order valence-corrected chi connectivity index (χ3v) is 6.19. The van der Waals surface area contributed by atoms with Gasteiger partial charge in [0.2, 0.25) is 5.91 Å². The van der Waals surface area contributed by atoms with Crippen LogP contribution in [0.3, 0.4) is 0 Å². The molecule has 1 amide bonds. The molecule has 0 aromatic carbocycles. The quantitative estimate of drug-likeness (QED) is 0.862. The first-order chi connectivity index (χ1) is 9.57. The van der Waals surface area contributed by atoms with Crippen molar-refractivity contribution in [1.82, 2.24) is 5.32 Å². The molecule has 5 atom stereocenters. The molecule has 2 aliphatic heterocycles. The van der Waals surface area contributed by atoms with Gasteiger partial charge in [0.15, 0.2) is 0 Å². The summed E-state index contributed by atoms with van der Waals surface area (Å²) in [7, 11) is 0. The fraction of sp³-hybridized carbons (Fsp3) is 0.941. The normalized spacial score (nSPS) is 40.6. The van der Waals surface area contributed by atoms with Crippen LogP contribution in [0.15, 0.2) is 0 Å². The Morgan fingerprint density at radius 1 is 1.35 bits per heavy atom. The summed E-state index contributed by atoms with van der Waals surface area (Å²) in [5.74, 6) is 3.66. The minimum Gasteiger partial charge on any atom is -0.376 e. The van der Waals surface area contributed by atoms with Gasteiger partial charge in [-0.25, -0.2) is 0 Å². The average Bonchev–Trinajstić information content (AvgIpc) is 2.28. The third-order valence-electron chi connectivity index (χ3n) is 6.19. The van der Waals surface area contributed by atoms with E-state index in [4.69, 9.17) is 4.74 Å².